The molecule has 0 aliphatic carbocycles. The fourth-order valence-corrected chi connectivity index (χ4v) is 11.4. The molecule has 4 atom stereocenters. The average molecular weight is 712 g/mol. The Balaban J connectivity index is 1.24. The molecule has 8 rings (SSSR count). The van der Waals surface area contributed by atoms with Crippen LogP contribution in [0.5, 0.6) is 0 Å². The van der Waals surface area contributed by atoms with Crippen LogP contribution in [0.3, 0.4) is 0 Å². The van der Waals surface area contributed by atoms with Gasteiger partial charge in [0.2, 0.25) is 5.91 Å². The van der Waals surface area contributed by atoms with E-state index in [9.17, 15) is 19.5 Å². The Morgan fingerprint density at radius 1 is 0.846 bits per heavy atom. The van der Waals surface area contributed by atoms with E-state index in [-0.39, 0.29) is 37.3 Å². The van der Waals surface area contributed by atoms with Gasteiger partial charge in [-0.1, -0.05) is 79.7 Å². The molecule has 52 heavy (non-hydrogen) atoms. The molecule has 0 aromatic heterocycles. The molecule has 3 amide bonds. The van der Waals surface area contributed by atoms with Gasteiger partial charge in [-0.05, 0) is 66.5 Å². The molecule has 3 aliphatic heterocycles. The molecule has 5 aromatic carbocycles. The summed E-state index contributed by atoms with van der Waals surface area (Å²) in [6, 6.07) is 36.1. The summed E-state index contributed by atoms with van der Waals surface area (Å²) >= 11 is 0. The number of nitrogens with zero attached hydrogens (tertiary/aromatic N) is 3. The van der Waals surface area contributed by atoms with Crippen LogP contribution in [0.1, 0.15) is 34.8 Å². The molecule has 1 saturated heterocycles. The molecule has 3 aliphatic rings. The molecule has 0 saturated carbocycles. The number of hydrogen-bond acceptors (Lipinski definition) is 6. The molecule has 0 bridgehead atoms. The maximum absolute atomic E-state index is 15.1. The van der Waals surface area contributed by atoms with Crippen molar-refractivity contribution >= 4 is 59.6 Å². The molecule has 10 heteroatoms. The maximum atomic E-state index is 15.1. The SMILES string of the molecule is C[C@H]1[C@H]([Si](C)(C)O)[C@@H](CC(=O)N(CCO)Cc2ccccc2)O[C@]12C(=O)N(c1ccccc1)c1ccc(N3C(=O)c4cccc5cccc3c45)cc12. The molecule has 1 spiro atoms. The van der Waals surface area contributed by atoms with Crippen LogP contribution in [0.4, 0.5) is 22.7 Å². The number of aliphatic hydroxyl groups excluding tert-OH is 1. The first-order chi connectivity index (χ1) is 25.0. The summed E-state index contributed by atoms with van der Waals surface area (Å²) < 4.78 is 7.04. The molecule has 0 radical (unpaired) electrons. The molecule has 2 N–H and O–H groups in total. The Bertz CT molecular complexity index is 2200. The Labute approximate surface area is 303 Å². The number of fused-ring (bicyclic) bond motifs is 2. The van der Waals surface area contributed by atoms with Gasteiger partial charge >= 0.3 is 0 Å². The first-order valence-corrected chi connectivity index (χ1v) is 20.8. The van der Waals surface area contributed by atoms with Gasteiger partial charge in [0.05, 0.1) is 36.1 Å². The maximum Gasteiger partial charge on any atom is 0.268 e. The number of carbonyl (C=O) groups excluding carboxylic acids is 3. The summed E-state index contributed by atoms with van der Waals surface area (Å²) in [5, 5.41) is 11.7. The van der Waals surface area contributed by atoms with Crippen LogP contribution in [-0.4, -0.2) is 60.1 Å². The van der Waals surface area contributed by atoms with E-state index in [1.54, 1.807) is 14.7 Å². The van der Waals surface area contributed by atoms with Crippen LogP contribution in [0, 0.1) is 5.92 Å². The molecular formula is C42H41N3O6Si. The molecule has 3 heterocycles. The molecular weight excluding hydrogens is 671 g/mol. The summed E-state index contributed by atoms with van der Waals surface area (Å²) in [6.45, 7) is 5.84. The minimum Gasteiger partial charge on any atom is -0.432 e. The summed E-state index contributed by atoms with van der Waals surface area (Å²) in [4.78, 5) is 60.1. The topological polar surface area (TPSA) is 111 Å². The standard InChI is InChI=1S/C42H41N3O6Si/c1-27-39(52(2,3)50)36(25-37(47)43(22-23-46)26-28-12-6-4-7-13-28)51-42(27)33-24-31(20-21-34(33)45(41(42)49)30-16-8-5-9-17-30)44-35-19-11-15-29-14-10-18-32(38(29)35)40(44)48/h4-21,24,27,36,39,46,50H,22-23,25-26H2,1-3H3/t27-,36+,39-,42+/m0/s1. The quantitative estimate of drug-likeness (QED) is 0.159. The van der Waals surface area contributed by atoms with E-state index < -0.39 is 31.5 Å². The minimum atomic E-state index is -3.10. The number of hydrogen-bond donors (Lipinski definition) is 2. The second kappa shape index (κ2) is 12.8. The predicted octanol–water partition coefficient (Wildman–Crippen LogP) is 7.02. The molecule has 0 unspecified atom stereocenters. The zero-order valence-corrected chi connectivity index (χ0v) is 30.4. The highest BCUT2D eigenvalue weighted by Gasteiger charge is 2.67. The molecule has 9 nitrogen and oxygen atoms in total. The number of rotatable bonds is 9. The second-order valence-electron chi connectivity index (χ2n) is 14.6. The fourth-order valence-electron chi connectivity index (χ4n) is 8.85. The number of amides is 3. The van der Waals surface area contributed by atoms with Crippen molar-refractivity contribution in [3.05, 3.63) is 132 Å². The Morgan fingerprint density at radius 3 is 2.23 bits per heavy atom. The Kier molecular flexibility index (Phi) is 8.38. The van der Waals surface area contributed by atoms with Crippen LogP contribution >= 0.6 is 0 Å². The number of aliphatic hydroxyl groups is 1. The summed E-state index contributed by atoms with van der Waals surface area (Å²) in [7, 11) is -3.10. The smallest absolute Gasteiger partial charge is 0.268 e. The van der Waals surface area contributed by atoms with E-state index in [1.165, 1.54) is 0 Å². The van der Waals surface area contributed by atoms with E-state index in [2.05, 4.69) is 0 Å². The largest absolute Gasteiger partial charge is 0.432 e. The van der Waals surface area contributed by atoms with Crippen LogP contribution in [0.25, 0.3) is 10.8 Å². The van der Waals surface area contributed by atoms with Gasteiger partial charge in [-0.2, -0.15) is 0 Å². The second-order valence-corrected chi connectivity index (χ2v) is 18.6. The lowest BCUT2D eigenvalue weighted by Crippen LogP contribution is -2.45. The molecule has 1 fully saturated rings. The number of para-hydroxylation sites is 1. The lowest BCUT2D eigenvalue weighted by Gasteiger charge is -2.33. The Hall–Kier alpha value is -5.13. The first-order valence-electron chi connectivity index (χ1n) is 17.8. The zero-order chi connectivity index (χ0) is 36.4. The van der Waals surface area contributed by atoms with Gasteiger partial charge in [-0.3, -0.25) is 24.2 Å². The van der Waals surface area contributed by atoms with Crippen molar-refractivity contribution in [3.8, 4) is 0 Å². The van der Waals surface area contributed by atoms with Crippen LogP contribution in [0.15, 0.2) is 115 Å². The van der Waals surface area contributed by atoms with E-state index in [4.69, 9.17) is 4.74 Å². The van der Waals surface area contributed by atoms with Crippen molar-refractivity contribution < 1.29 is 29.0 Å². The van der Waals surface area contributed by atoms with Gasteiger partial charge in [0.25, 0.3) is 11.8 Å². The van der Waals surface area contributed by atoms with Crippen molar-refractivity contribution in [3.63, 3.8) is 0 Å². The summed E-state index contributed by atoms with van der Waals surface area (Å²) in [6.07, 6.45) is -0.857. The first kappa shape index (κ1) is 34.0. The highest BCUT2D eigenvalue weighted by molar-refractivity contribution is 6.71. The van der Waals surface area contributed by atoms with Gasteiger partial charge < -0.3 is 19.5 Å². The highest BCUT2D eigenvalue weighted by Crippen LogP contribution is 2.61. The van der Waals surface area contributed by atoms with Gasteiger partial charge in [0.1, 0.15) is 0 Å². The highest BCUT2D eigenvalue weighted by atomic mass is 28.4. The van der Waals surface area contributed by atoms with Crippen molar-refractivity contribution in [2.75, 3.05) is 23.0 Å². The van der Waals surface area contributed by atoms with Crippen LogP contribution in [0.2, 0.25) is 18.6 Å². The van der Waals surface area contributed by atoms with Crippen LogP contribution in [-0.2, 0) is 26.5 Å². The minimum absolute atomic E-state index is 0.0733. The Morgan fingerprint density at radius 2 is 1.54 bits per heavy atom. The average Bonchev–Trinajstić information content (AvgIpc) is 3.70. The lowest BCUT2D eigenvalue weighted by molar-refractivity contribution is -0.149. The fraction of sp³-hybridized carbons (Fsp3) is 0.262. The normalized spacial score (nSPS) is 22.1. The van der Waals surface area contributed by atoms with Crippen molar-refractivity contribution in [1.82, 2.24) is 4.90 Å². The summed E-state index contributed by atoms with van der Waals surface area (Å²) in [5.74, 6) is -1.21. The predicted molar refractivity (Wildman–Crippen MR) is 203 cm³/mol. The van der Waals surface area contributed by atoms with Crippen molar-refractivity contribution in [2.24, 2.45) is 5.92 Å². The van der Waals surface area contributed by atoms with Crippen molar-refractivity contribution in [1.29, 1.82) is 0 Å². The van der Waals surface area contributed by atoms with Gasteiger partial charge in [0, 0.05) is 46.9 Å². The van der Waals surface area contributed by atoms with E-state index in [0.29, 0.717) is 34.7 Å². The van der Waals surface area contributed by atoms with E-state index in [1.807, 2.05) is 135 Å². The zero-order valence-electron chi connectivity index (χ0n) is 29.4. The number of ether oxygens (including phenoxy) is 1. The molecule has 5 aromatic rings. The van der Waals surface area contributed by atoms with Gasteiger partial charge in [-0.25, -0.2) is 0 Å². The monoisotopic (exact) mass is 711 g/mol. The lowest BCUT2D eigenvalue weighted by atomic mass is 9.82. The third-order valence-corrected chi connectivity index (χ3v) is 13.5. The van der Waals surface area contributed by atoms with Gasteiger partial charge in [-0.15, -0.1) is 0 Å². The van der Waals surface area contributed by atoms with E-state index in [0.717, 1.165) is 22.0 Å². The molecule has 264 valence electrons. The summed E-state index contributed by atoms with van der Waals surface area (Å²) in [5.41, 5.74) is 2.75. The van der Waals surface area contributed by atoms with Crippen molar-refractivity contribution in [2.45, 2.75) is 50.2 Å². The van der Waals surface area contributed by atoms with Crippen LogP contribution < -0.4 is 9.80 Å². The third-order valence-electron chi connectivity index (χ3n) is 11.0. The number of carbonyl (C=O) groups is 3. The number of anilines is 4. The van der Waals surface area contributed by atoms with Gasteiger partial charge in [0.15, 0.2) is 13.9 Å². The third kappa shape index (κ3) is 5.28. The van der Waals surface area contributed by atoms with E-state index >= 15 is 4.79 Å². The number of benzene rings is 5.